The summed E-state index contributed by atoms with van der Waals surface area (Å²) < 4.78 is 21.9. The van der Waals surface area contributed by atoms with Crippen molar-refractivity contribution >= 4 is 9.84 Å². The molecule has 0 amide bonds. The Balaban J connectivity index is 2.33. The number of hydrogen-bond acceptors (Lipinski definition) is 3. The molecule has 4 heteroatoms. The maximum Gasteiger partial charge on any atom is 0.151 e. The van der Waals surface area contributed by atoms with Gasteiger partial charge in [0.1, 0.15) is 0 Å². The van der Waals surface area contributed by atoms with Crippen LogP contribution in [0.15, 0.2) is 0 Å². The number of sulfone groups is 1. The fraction of sp³-hybridized carbons (Fsp3) is 0.889. The van der Waals surface area contributed by atoms with Crippen molar-refractivity contribution in [2.24, 2.45) is 5.92 Å². The fourth-order valence-electron chi connectivity index (χ4n) is 1.83. The molecule has 1 heterocycles. The van der Waals surface area contributed by atoms with E-state index in [4.69, 9.17) is 0 Å². The van der Waals surface area contributed by atoms with Crippen LogP contribution in [-0.2, 0) is 9.84 Å². The summed E-state index contributed by atoms with van der Waals surface area (Å²) in [6.07, 6.45) is 5.17. The molecule has 1 aliphatic rings. The van der Waals surface area contributed by atoms with Crippen LogP contribution in [0.2, 0.25) is 0 Å². The van der Waals surface area contributed by atoms with E-state index in [1.165, 1.54) is 0 Å². The lowest BCUT2D eigenvalue weighted by molar-refractivity contribution is 0.202. The first-order valence-corrected chi connectivity index (χ1v) is 6.61. The average Bonchev–Trinajstić information content (AvgIpc) is 2.03. The smallest absolute Gasteiger partial charge is 0.151 e. The van der Waals surface area contributed by atoms with Crippen LogP contribution in [0.25, 0.3) is 0 Å². The van der Waals surface area contributed by atoms with Gasteiger partial charge in [0.2, 0.25) is 0 Å². The summed E-state index contributed by atoms with van der Waals surface area (Å²) in [6, 6.07) is 0. The molecule has 1 rings (SSSR count). The predicted octanol–water partition coefficient (Wildman–Crippen LogP) is 0.925. The SMILES string of the molecule is [CH2]S(=O)(=O)CC1CCN(CC)CC1. The van der Waals surface area contributed by atoms with Gasteiger partial charge in [0, 0.05) is 0 Å². The highest BCUT2D eigenvalue weighted by Crippen LogP contribution is 2.18. The lowest BCUT2D eigenvalue weighted by Crippen LogP contribution is -2.35. The minimum absolute atomic E-state index is 0.268. The maximum absolute atomic E-state index is 10.9. The molecule has 0 aromatic carbocycles. The number of nitrogens with zero attached hydrogens (tertiary/aromatic N) is 1. The van der Waals surface area contributed by atoms with E-state index in [-0.39, 0.29) is 5.75 Å². The molecule has 13 heavy (non-hydrogen) atoms. The minimum atomic E-state index is -3.02. The molecular weight excluding hydrogens is 186 g/mol. The second kappa shape index (κ2) is 4.42. The first-order valence-electron chi connectivity index (χ1n) is 4.79. The second-order valence-corrected chi connectivity index (χ2v) is 5.61. The van der Waals surface area contributed by atoms with Gasteiger partial charge in [0.05, 0.1) is 12.0 Å². The molecule has 0 aromatic rings. The van der Waals surface area contributed by atoms with Crippen LogP contribution in [0.1, 0.15) is 19.8 Å². The molecule has 1 fully saturated rings. The second-order valence-electron chi connectivity index (χ2n) is 3.79. The Morgan fingerprint density at radius 2 is 1.92 bits per heavy atom. The predicted molar refractivity (Wildman–Crippen MR) is 54.0 cm³/mol. The van der Waals surface area contributed by atoms with Crippen molar-refractivity contribution in [2.45, 2.75) is 19.8 Å². The van der Waals surface area contributed by atoms with Gasteiger partial charge in [0.25, 0.3) is 0 Å². The van der Waals surface area contributed by atoms with Gasteiger partial charge in [-0.25, -0.2) is 8.42 Å². The zero-order chi connectivity index (χ0) is 9.90. The Kier molecular flexibility index (Phi) is 3.74. The van der Waals surface area contributed by atoms with E-state index in [1.807, 2.05) is 0 Å². The summed E-state index contributed by atoms with van der Waals surface area (Å²) in [5, 5.41) is 0. The summed E-state index contributed by atoms with van der Waals surface area (Å²) in [5.74, 6) is 0.607. The van der Waals surface area contributed by atoms with E-state index < -0.39 is 9.84 Å². The van der Waals surface area contributed by atoms with E-state index in [0.717, 1.165) is 32.5 Å². The summed E-state index contributed by atoms with van der Waals surface area (Å²) in [4.78, 5) is 2.35. The third-order valence-corrected chi connectivity index (χ3v) is 3.62. The van der Waals surface area contributed by atoms with Crippen molar-refractivity contribution in [1.29, 1.82) is 0 Å². The molecule has 1 saturated heterocycles. The van der Waals surface area contributed by atoms with Crippen molar-refractivity contribution < 1.29 is 8.42 Å². The van der Waals surface area contributed by atoms with Crippen LogP contribution >= 0.6 is 0 Å². The average molecular weight is 204 g/mol. The van der Waals surface area contributed by atoms with Gasteiger partial charge in [-0.05, 0) is 38.4 Å². The van der Waals surface area contributed by atoms with Gasteiger partial charge in [0.15, 0.2) is 9.84 Å². The van der Waals surface area contributed by atoms with E-state index in [0.29, 0.717) is 5.92 Å². The van der Waals surface area contributed by atoms with E-state index in [9.17, 15) is 8.42 Å². The van der Waals surface area contributed by atoms with Gasteiger partial charge in [-0.1, -0.05) is 6.92 Å². The van der Waals surface area contributed by atoms with E-state index >= 15 is 0 Å². The summed E-state index contributed by atoms with van der Waals surface area (Å²) >= 11 is 0. The molecule has 0 saturated carbocycles. The molecule has 0 aliphatic carbocycles. The number of likely N-dealkylation sites (tertiary alicyclic amines) is 1. The zero-order valence-electron chi connectivity index (χ0n) is 8.20. The number of piperidine rings is 1. The molecule has 77 valence electrons. The van der Waals surface area contributed by atoms with Crippen LogP contribution in [0.5, 0.6) is 0 Å². The third kappa shape index (κ3) is 4.09. The molecule has 0 bridgehead atoms. The van der Waals surface area contributed by atoms with Gasteiger partial charge in [-0.2, -0.15) is 0 Å². The molecule has 0 unspecified atom stereocenters. The Bertz CT molecular complexity index is 240. The Hall–Kier alpha value is -0.0900. The molecule has 0 N–H and O–H groups in total. The van der Waals surface area contributed by atoms with Crippen LogP contribution < -0.4 is 0 Å². The van der Waals surface area contributed by atoms with Crippen molar-refractivity contribution in [3.8, 4) is 0 Å². The van der Waals surface area contributed by atoms with Crippen LogP contribution in [-0.4, -0.2) is 38.7 Å². The standard InChI is InChI=1S/C9H18NO2S/c1-3-10-6-4-9(5-7-10)8-13(2,11)12/h9H,2-8H2,1H3. The summed E-state index contributed by atoms with van der Waals surface area (Å²) in [7, 11) is -3.02. The summed E-state index contributed by atoms with van der Waals surface area (Å²) in [6.45, 7) is 5.29. The topological polar surface area (TPSA) is 37.4 Å². The molecule has 0 spiro atoms. The molecule has 0 aromatic heterocycles. The molecule has 0 atom stereocenters. The van der Waals surface area contributed by atoms with Crippen LogP contribution in [0, 0.1) is 12.2 Å². The Labute approximate surface area is 81.0 Å². The highest BCUT2D eigenvalue weighted by molar-refractivity contribution is 7.92. The zero-order valence-corrected chi connectivity index (χ0v) is 9.02. The third-order valence-electron chi connectivity index (χ3n) is 2.64. The maximum atomic E-state index is 10.9. The first kappa shape index (κ1) is 11.0. The van der Waals surface area contributed by atoms with Crippen molar-refractivity contribution in [3.63, 3.8) is 0 Å². The van der Waals surface area contributed by atoms with Gasteiger partial charge in [-0.3, -0.25) is 0 Å². The first-order chi connectivity index (χ1) is 6.01. The van der Waals surface area contributed by atoms with E-state index in [2.05, 4.69) is 18.1 Å². The summed E-state index contributed by atoms with van der Waals surface area (Å²) in [5.41, 5.74) is 0. The van der Waals surface area contributed by atoms with Crippen molar-refractivity contribution in [2.75, 3.05) is 25.4 Å². The quantitative estimate of drug-likeness (QED) is 0.686. The van der Waals surface area contributed by atoms with Gasteiger partial charge >= 0.3 is 0 Å². The minimum Gasteiger partial charge on any atom is -0.304 e. The molecule has 3 nitrogen and oxygen atoms in total. The van der Waals surface area contributed by atoms with Gasteiger partial charge < -0.3 is 4.90 Å². The molecule has 1 radical (unpaired) electrons. The highest BCUT2D eigenvalue weighted by Gasteiger charge is 2.21. The fourth-order valence-corrected chi connectivity index (χ4v) is 2.88. The Morgan fingerprint density at radius 1 is 1.38 bits per heavy atom. The normalized spacial score (nSPS) is 22.0. The lowest BCUT2D eigenvalue weighted by atomic mass is 9.99. The van der Waals surface area contributed by atoms with Crippen LogP contribution in [0.3, 0.4) is 0 Å². The van der Waals surface area contributed by atoms with Crippen LogP contribution in [0.4, 0.5) is 0 Å². The highest BCUT2D eigenvalue weighted by atomic mass is 32.2. The van der Waals surface area contributed by atoms with Crippen molar-refractivity contribution in [1.82, 2.24) is 4.90 Å². The van der Waals surface area contributed by atoms with Gasteiger partial charge in [-0.15, -0.1) is 0 Å². The molecule has 1 aliphatic heterocycles. The lowest BCUT2D eigenvalue weighted by Gasteiger charge is -2.30. The molecular formula is C9H18NO2S. The number of rotatable bonds is 3. The number of hydrogen-bond donors (Lipinski definition) is 0. The van der Waals surface area contributed by atoms with E-state index in [1.54, 1.807) is 0 Å². The largest absolute Gasteiger partial charge is 0.304 e. The monoisotopic (exact) mass is 204 g/mol. The Morgan fingerprint density at radius 3 is 2.31 bits per heavy atom. The van der Waals surface area contributed by atoms with Crippen molar-refractivity contribution in [3.05, 3.63) is 6.26 Å².